The van der Waals surface area contributed by atoms with Crippen LogP contribution in [0, 0.1) is 0 Å². The fourth-order valence-electron chi connectivity index (χ4n) is 1.80. The second-order valence-electron chi connectivity index (χ2n) is 4.67. The Morgan fingerprint density at radius 3 is 2.50 bits per heavy atom. The Labute approximate surface area is 136 Å². The van der Waals surface area contributed by atoms with Gasteiger partial charge >= 0.3 is 0 Å². The normalized spacial score (nSPS) is 10.2. The van der Waals surface area contributed by atoms with Crippen molar-refractivity contribution < 1.29 is 19.7 Å². The second kappa shape index (κ2) is 7.70. The van der Waals surface area contributed by atoms with Gasteiger partial charge in [0.15, 0.2) is 18.1 Å². The molecular formula is C16H16BrNO4. The van der Waals surface area contributed by atoms with E-state index < -0.39 is 0 Å². The summed E-state index contributed by atoms with van der Waals surface area (Å²) in [6, 6.07) is 11.8. The molecule has 0 aliphatic carbocycles. The van der Waals surface area contributed by atoms with Gasteiger partial charge < -0.3 is 20.3 Å². The molecule has 0 aromatic heterocycles. The Morgan fingerprint density at radius 2 is 1.82 bits per heavy atom. The number of benzene rings is 2. The highest BCUT2D eigenvalue weighted by Gasteiger charge is 2.04. The third kappa shape index (κ3) is 4.96. The molecule has 6 heteroatoms. The van der Waals surface area contributed by atoms with E-state index in [9.17, 15) is 15.0 Å². The summed E-state index contributed by atoms with van der Waals surface area (Å²) in [5.41, 5.74) is 0.824. The maximum atomic E-state index is 11.7. The third-order valence-corrected chi connectivity index (χ3v) is 3.49. The molecule has 0 heterocycles. The number of aromatic hydroxyl groups is 2. The molecule has 0 fully saturated rings. The van der Waals surface area contributed by atoms with Gasteiger partial charge in [0.05, 0.1) is 0 Å². The number of hydrogen-bond acceptors (Lipinski definition) is 4. The van der Waals surface area contributed by atoms with E-state index in [1.54, 1.807) is 18.2 Å². The van der Waals surface area contributed by atoms with Gasteiger partial charge in [-0.3, -0.25) is 4.79 Å². The van der Waals surface area contributed by atoms with Crippen LogP contribution in [-0.4, -0.2) is 29.3 Å². The molecule has 116 valence electrons. The van der Waals surface area contributed by atoms with E-state index in [4.69, 9.17) is 4.74 Å². The second-order valence-corrected chi connectivity index (χ2v) is 5.58. The zero-order chi connectivity index (χ0) is 15.9. The van der Waals surface area contributed by atoms with Gasteiger partial charge in [-0.05, 0) is 48.4 Å². The molecule has 0 atom stereocenters. The number of carbonyl (C=O) groups is 1. The van der Waals surface area contributed by atoms with Gasteiger partial charge in [0.25, 0.3) is 5.91 Å². The van der Waals surface area contributed by atoms with Crippen LogP contribution in [0.4, 0.5) is 0 Å². The molecule has 2 rings (SSSR count). The van der Waals surface area contributed by atoms with Crippen LogP contribution in [0.15, 0.2) is 46.9 Å². The molecule has 2 aromatic carbocycles. The first-order valence-electron chi connectivity index (χ1n) is 6.70. The van der Waals surface area contributed by atoms with Gasteiger partial charge in [0.1, 0.15) is 5.75 Å². The standard InChI is InChI=1S/C16H16BrNO4/c17-12-2-4-13(5-3-12)22-10-16(21)18-8-7-11-1-6-14(19)15(20)9-11/h1-6,9,19-20H,7-8,10H2,(H,18,21). The summed E-state index contributed by atoms with van der Waals surface area (Å²) in [6.45, 7) is 0.370. The number of phenols is 2. The molecule has 0 spiro atoms. The van der Waals surface area contributed by atoms with E-state index in [0.717, 1.165) is 10.0 Å². The minimum atomic E-state index is -0.217. The molecule has 0 saturated carbocycles. The van der Waals surface area contributed by atoms with Gasteiger partial charge in [-0.15, -0.1) is 0 Å². The maximum absolute atomic E-state index is 11.7. The van der Waals surface area contributed by atoms with E-state index in [1.807, 2.05) is 12.1 Å². The van der Waals surface area contributed by atoms with Gasteiger partial charge in [0.2, 0.25) is 0 Å². The first-order chi connectivity index (χ1) is 10.5. The molecule has 0 unspecified atom stereocenters. The molecule has 22 heavy (non-hydrogen) atoms. The van der Waals surface area contributed by atoms with Crippen LogP contribution >= 0.6 is 15.9 Å². The van der Waals surface area contributed by atoms with Crippen molar-refractivity contribution in [3.05, 3.63) is 52.5 Å². The van der Waals surface area contributed by atoms with Crippen LogP contribution < -0.4 is 10.1 Å². The van der Waals surface area contributed by atoms with Crippen molar-refractivity contribution in [1.29, 1.82) is 0 Å². The molecular weight excluding hydrogens is 350 g/mol. The summed E-state index contributed by atoms with van der Waals surface area (Å²) in [5.74, 6) is 0.0887. The Kier molecular flexibility index (Phi) is 5.66. The van der Waals surface area contributed by atoms with Crippen molar-refractivity contribution in [3.63, 3.8) is 0 Å². The largest absolute Gasteiger partial charge is 0.504 e. The molecule has 0 aliphatic heterocycles. The number of halogens is 1. The molecule has 0 bridgehead atoms. The van der Waals surface area contributed by atoms with E-state index in [0.29, 0.717) is 18.7 Å². The zero-order valence-corrected chi connectivity index (χ0v) is 13.3. The molecule has 2 aromatic rings. The lowest BCUT2D eigenvalue weighted by Gasteiger charge is -2.08. The maximum Gasteiger partial charge on any atom is 0.257 e. The third-order valence-electron chi connectivity index (χ3n) is 2.96. The van der Waals surface area contributed by atoms with Crippen molar-refractivity contribution in [2.24, 2.45) is 0 Å². The zero-order valence-electron chi connectivity index (χ0n) is 11.8. The van der Waals surface area contributed by atoms with Gasteiger partial charge in [0, 0.05) is 11.0 Å². The highest BCUT2D eigenvalue weighted by molar-refractivity contribution is 9.10. The first kappa shape index (κ1) is 16.2. The molecule has 5 nitrogen and oxygen atoms in total. The van der Waals surface area contributed by atoms with Crippen molar-refractivity contribution in [3.8, 4) is 17.2 Å². The number of amides is 1. The summed E-state index contributed by atoms with van der Waals surface area (Å²) < 4.78 is 6.30. The van der Waals surface area contributed by atoms with Gasteiger partial charge in [-0.25, -0.2) is 0 Å². The SMILES string of the molecule is O=C(COc1ccc(Br)cc1)NCCc1ccc(O)c(O)c1. The Morgan fingerprint density at radius 1 is 1.09 bits per heavy atom. The molecule has 1 amide bonds. The number of phenolic OH excluding ortho intramolecular Hbond substituents is 2. The Hall–Kier alpha value is -2.21. The van der Waals surface area contributed by atoms with Crippen LogP contribution in [-0.2, 0) is 11.2 Å². The minimum absolute atomic E-state index is 0.0531. The lowest BCUT2D eigenvalue weighted by molar-refractivity contribution is -0.123. The van der Waals surface area contributed by atoms with E-state index in [2.05, 4.69) is 21.2 Å². The van der Waals surface area contributed by atoms with Gasteiger partial charge in [-0.2, -0.15) is 0 Å². The topological polar surface area (TPSA) is 78.8 Å². The predicted octanol–water partition coefficient (Wildman–Crippen LogP) is 2.60. The van der Waals surface area contributed by atoms with Crippen LogP contribution in [0.5, 0.6) is 17.2 Å². The van der Waals surface area contributed by atoms with E-state index in [1.165, 1.54) is 12.1 Å². The number of rotatable bonds is 6. The van der Waals surface area contributed by atoms with E-state index in [-0.39, 0.29) is 24.0 Å². The summed E-state index contributed by atoms with van der Waals surface area (Å²) in [7, 11) is 0. The lowest BCUT2D eigenvalue weighted by Crippen LogP contribution is -2.30. The first-order valence-corrected chi connectivity index (χ1v) is 7.50. The summed E-state index contributed by atoms with van der Waals surface area (Å²) in [6.07, 6.45) is 0.553. The Balaban J connectivity index is 1.71. The molecule has 0 aliphatic rings. The van der Waals surface area contributed by atoms with Crippen molar-refractivity contribution >= 4 is 21.8 Å². The summed E-state index contributed by atoms with van der Waals surface area (Å²) >= 11 is 3.32. The number of carbonyl (C=O) groups excluding carboxylic acids is 1. The van der Waals surface area contributed by atoms with Crippen molar-refractivity contribution in [1.82, 2.24) is 5.32 Å². The highest BCUT2D eigenvalue weighted by atomic mass is 79.9. The molecule has 0 saturated heterocycles. The quantitative estimate of drug-likeness (QED) is 0.687. The van der Waals surface area contributed by atoms with Gasteiger partial charge in [-0.1, -0.05) is 22.0 Å². The van der Waals surface area contributed by atoms with E-state index >= 15 is 0 Å². The number of ether oxygens (including phenoxy) is 1. The summed E-state index contributed by atoms with van der Waals surface area (Å²) in [4.78, 5) is 11.7. The average molecular weight is 366 g/mol. The van der Waals surface area contributed by atoms with Crippen LogP contribution in [0.1, 0.15) is 5.56 Å². The van der Waals surface area contributed by atoms with Crippen LogP contribution in [0.2, 0.25) is 0 Å². The smallest absolute Gasteiger partial charge is 0.257 e. The monoisotopic (exact) mass is 365 g/mol. The fraction of sp³-hybridized carbons (Fsp3) is 0.188. The highest BCUT2D eigenvalue weighted by Crippen LogP contribution is 2.24. The molecule has 3 N–H and O–H groups in total. The predicted molar refractivity (Wildman–Crippen MR) is 86.1 cm³/mol. The lowest BCUT2D eigenvalue weighted by atomic mass is 10.1. The minimum Gasteiger partial charge on any atom is -0.504 e. The average Bonchev–Trinajstić information content (AvgIpc) is 2.50. The Bertz CT molecular complexity index is 643. The molecule has 0 radical (unpaired) electrons. The summed E-state index contributed by atoms with van der Waals surface area (Å²) in [5, 5.41) is 21.3. The fourth-order valence-corrected chi connectivity index (χ4v) is 2.07. The van der Waals surface area contributed by atoms with Crippen molar-refractivity contribution in [2.45, 2.75) is 6.42 Å². The van der Waals surface area contributed by atoms with Crippen molar-refractivity contribution in [2.75, 3.05) is 13.2 Å². The van der Waals surface area contributed by atoms with Crippen LogP contribution in [0.3, 0.4) is 0 Å². The number of nitrogens with one attached hydrogen (secondary N) is 1. The van der Waals surface area contributed by atoms with Crippen LogP contribution in [0.25, 0.3) is 0 Å². The number of hydrogen-bond donors (Lipinski definition) is 3.